The first-order valence-corrected chi connectivity index (χ1v) is 6.29. The summed E-state index contributed by atoms with van der Waals surface area (Å²) >= 11 is 0. The van der Waals surface area contributed by atoms with Gasteiger partial charge in [0.2, 0.25) is 0 Å². The molecule has 0 radical (unpaired) electrons. The Balaban J connectivity index is 2.03. The summed E-state index contributed by atoms with van der Waals surface area (Å²) in [5, 5.41) is 3.34. The van der Waals surface area contributed by atoms with E-state index < -0.39 is 0 Å². The zero-order valence-electron chi connectivity index (χ0n) is 10.8. The maximum atomic E-state index is 13.6. The molecule has 1 heterocycles. The van der Waals surface area contributed by atoms with Crippen LogP contribution < -0.4 is 5.32 Å². The van der Waals surface area contributed by atoms with E-state index in [2.05, 4.69) is 24.2 Å². The number of piperidine rings is 1. The minimum Gasteiger partial charge on any atom is -0.380 e. The van der Waals surface area contributed by atoms with E-state index in [0.29, 0.717) is 17.8 Å². The molecule has 17 heavy (non-hydrogen) atoms. The molecule has 1 saturated heterocycles. The average Bonchev–Trinajstić information content (AvgIpc) is 2.29. The third-order valence-corrected chi connectivity index (χ3v) is 3.69. The van der Waals surface area contributed by atoms with Gasteiger partial charge in [0.25, 0.3) is 0 Å². The van der Waals surface area contributed by atoms with E-state index >= 15 is 0 Å². The molecule has 0 bridgehead atoms. The van der Waals surface area contributed by atoms with Gasteiger partial charge in [0.15, 0.2) is 0 Å². The number of hydrogen-bond donors (Lipinski definition) is 1. The Morgan fingerprint density at radius 2 is 2.18 bits per heavy atom. The van der Waals surface area contributed by atoms with Crippen LogP contribution in [-0.2, 0) is 0 Å². The molecular formula is C14H21FN2. The van der Waals surface area contributed by atoms with E-state index in [0.717, 1.165) is 24.9 Å². The molecule has 2 unspecified atom stereocenters. The lowest BCUT2D eigenvalue weighted by Gasteiger charge is -2.35. The number of nitrogens with zero attached hydrogens (tertiary/aromatic N) is 1. The highest BCUT2D eigenvalue weighted by Gasteiger charge is 2.23. The summed E-state index contributed by atoms with van der Waals surface area (Å²) in [5.74, 6) is -0.151. The summed E-state index contributed by atoms with van der Waals surface area (Å²) < 4.78 is 13.6. The second-order valence-electron chi connectivity index (χ2n) is 5.18. The van der Waals surface area contributed by atoms with Crippen molar-refractivity contribution in [2.24, 2.45) is 0 Å². The van der Waals surface area contributed by atoms with Crippen LogP contribution in [0.5, 0.6) is 0 Å². The van der Waals surface area contributed by atoms with E-state index in [1.165, 1.54) is 6.07 Å². The van der Waals surface area contributed by atoms with Gasteiger partial charge in [0, 0.05) is 18.6 Å². The van der Waals surface area contributed by atoms with E-state index in [-0.39, 0.29) is 5.82 Å². The molecule has 0 saturated carbocycles. The quantitative estimate of drug-likeness (QED) is 0.849. The van der Waals surface area contributed by atoms with Crippen LogP contribution in [0.2, 0.25) is 0 Å². The van der Waals surface area contributed by atoms with Gasteiger partial charge < -0.3 is 10.2 Å². The first-order valence-electron chi connectivity index (χ1n) is 6.29. The van der Waals surface area contributed by atoms with Crippen LogP contribution in [-0.4, -0.2) is 30.6 Å². The second kappa shape index (κ2) is 5.05. The van der Waals surface area contributed by atoms with Crippen molar-refractivity contribution in [1.29, 1.82) is 0 Å². The van der Waals surface area contributed by atoms with Crippen molar-refractivity contribution in [2.45, 2.75) is 38.8 Å². The van der Waals surface area contributed by atoms with Crippen LogP contribution in [0.3, 0.4) is 0 Å². The Hall–Kier alpha value is -1.09. The number of anilines is 1. The van der Waals surface area contributed by atoms with Crippen LogP contribution in [0.25, 0.3) is 0 Å². The number of likely N-dealkylation sites (tertiary alicyclic amines) is 1. The fourth-order valence-electron chi connectivity index (χ4n) is 2.39. The molecule has 1 N–H and O–H groups in total. The number of aryl methyl sites for hydroxylation is 1. The van der Waals surface area contributed by atoms with E-state index in [1.807, 2.05) is 13.0 Å². The largest absolute Gasteiger partial charge is 0.380 e. The lowest BCUT2D eigenvalue weighted by Crippen LogP contribution is -2.42. The van der Waals surface area contributed by atoms with Crippen molar-refractivity contribution in [3.8, 4) is 0 Å². The molecule has 0 amide bonds. The Labute approximate surface area is 103 Å². The SMILES string of the molecule is Cc1ccc(F)c(NC2CCN(C)C(C)C2)c1. The van der Waals surface area contributed by atoms with Crippen molar-refractivity contribution < 1.29 is 4.39 Å². The molecule has 2 nitrogen and oxygen atoms in total. The van der Waals surface area contributed by atoms with Crippen LogP contribution in [0, 0.1) is 12.7 Å². The van der Waals surface area contributed by atoms with E-state index in [9.17, 15) is 4.39 Å². The summed E-state index contributed by atoms with van der Waals surface area (Å²) in [6, 6.07) is 6.18. The third-order valence-electron chi connectivity index (χ3n) is 3.69. The highest BCUT2D eigenvalue weighted by molar-refractivity contribution is 5.47. The molecule has 1 aromatic rings. The number of benzene rings is 1. The molecule has 0 aliphatic carbocycles. The Morgan fingerprint density at radius 1 is 1.41 bits per heavy atom. The predicted molar refractivity (Wildman–Crippen MR) is 69.9 cm³/mol. The summed E-state index contributed by atoms with van der Waals surface area (Å²) in [5.41, 5.74) is 1.74. The average molecular weight is 236 g/mol. The van der Waals surface area contributed by atoms with Crippen LogP contribution in [0.15, 0.2) is 18.2 Å². The maximum Gasteiger partial charge on any atom is 0.146 e. The first kappa shape index (κ1) is 12.4. The standard InChI is InChI=1S/C14H21FN2/c1-10-4-5-13(15)14(8-10)16-12-6-7-17(3)11(2)9-12/h4-5,8,11-12,16H,6-7,9H2,1-3H3. The molecule has 94 valence electrons. The second-order valence-corrected chi connectivity index (χ2v) is 5.18. The van der Waals surface area contributed by atoms with Crippen molar-refractivity contribution >= 4 is 5.69 Å². The zero-order chi connectivity index (χ0) is 12.4. The van der Waals surface area contributed by atoms with Crippen molar-refractivity contribution in [3.05, 3.63) is 29.6 Å². The molecule has 0 spiro atoms. The molecule has 1 aliphatic rings. The van der Waals surface area contributed by atoms with Crippen LogP contribution >= 0.6 is 0 Å². The maximum absolute atomic E-state index is 13.6. The fraction of sp³-hybridized carbons (Fsp3) is 0.571. The van der Waals surface area contributed by atoms with Gasteiger partial charge in [-0.3, -0.25) is 0 Å². The highest BCUT2D eigenvalue weighted by Crippen LogP contribution is 2.22. The summed E-state index contributed by atoms with van der Waals surface area (Å²) in [7, 11) is 2.15. The first-order chi connectivity index (χ1) is 8.06. The summed E-state index contributed by atoms with van der Waals surface area (Å²) in [4.78, 5) is 2.35. The lowest BCUT2D eigenvalue weighted by molar-refractivity contribution is 0.190. The van der Waals surface area contributed by atoms with Gasteiger partial charge in [-0.1, -0.05) is 6.07 Å². The lowest BCUT2D eigenvalue weighted by atomic mass is 9.98. The molecule has 1 fully saturated rings. The Kier molecular flexibility index (Phi) is 3.67. The summed E-state index contributed by atoms with van der Waals surface area (Å²) in [6.45, 7) is 5.29. The zero-order valence-corrected chi connectivity index (χ0v) is 10.8. The van der Waals surface area contributed by atoms with Crippen molar-refractivity contribution in [3.63, 3.8) is 0 Å². The van der Waals surface area contributed by atoms with Gasteiger partial charge in [-0.05, 0) is 51.4 Å². The fourth-order valence-corrected chi connectivity index (χ4v) is 2.39. The normalized spacial score (nSPS) is 25.9. The van der Waals surface area contributed by atoms with Gasteiger partial charge >= 0.3 is 0 Å². The smallest absolute Gasteiger partial charge is 0.146 e. The van der Waals surface area contributed by atoms with E-state index in [1.54, 1.807) is 6.07 Å². The van der Waals surface area contributed by atoms with Crippen molar-refractivity contribution in [2.75, 3.05) is 18.9 Å². The minimum absolute atomic E-state index is 0.151. The molecule has 0 aromatic heterocycles. The van der Waals surface area contributed by atoms with Gasteiger partial charge in [0.05, 0.1) is 5.69 Å². The number of halogens is 1. The number of hydrogen-bond acceptors (Lipinski definition) is 2. The van der Waals surface area contributed by atoms with Gasteiger partial charge in [-0.15, -0.1) is 0 Å². The Bertz CT molecular complexity index is 392. The topological polar surface area (TPSA) is 15.3 Å². The molecule has 3 heteroatoms. The minimum atomic E-state index is -0.151. The molecule has 1 aliphatic heterocycles. The number of rotatable bonds is 2. The molecule has 1 aromatic carbocycles. The van der Waals surface area contributed by atoms with Crippen LogP contribution in [0.4, 0.5) is 10.1 Å². The van der Waals surface area contributed by atoms with Crippen LogP contribution in [0.1, 0.15) is 25.3 Å². The summed E-state index contributed by atoms with van der Waals surface area (Å²) in [6.07, 6.45) is 2.15. The Morgan fingerprint density at radius 3 is 2.88 bits per heavy atom. The van der Waals surface area contributed by atoms with Crippen molar-refractivity contribution in [1.82, 2.24) is 4.90 Å². The molecule has 2 atom stereocenters. The van der Waals surface area contributed by atoms with E-state index in [4.69, 9.17) is 0 Å². The molecule has 2 rings (SSSR count). The molecular weight excluding hydrogens is 215 g/mol. The highest BCUT2D eigenvalue weighted by atomic mass is 19.1. The van der Waals surface area contributed by atoms with Gasteiger partial charge in [-0.25, -0.2) is 4.39 Å². The monoisotopic (exact) mass is 236 g/mol. The van der Waals surface area contributed by atoms with Gasteiger partial charge in [-0.2, -0.15) is 0 Å². The predicted octanol–water partition coefficient (Wildman–Crippen LogP) is 3.03. The number of nitrogens with one attached hydrogen (secondary N) is 1. The third kappa shape index (κ3) is 2.97. The van der Waals surface area contributed by atoms with Gasteiger partial charge in [0.1, 0.15) is 5.82 Å².